The third-order valence-electron chi connectivity index (χ3n) is 9.17. The quantitative estimate of drug-likeness (QED) is 0.0375. The number of carboxylic acid groups (broad SMARTS) is 1. The van der Waals surface area contributed by atoms with Crippen LogP contribution in [0.2, 0.25) is 0 Å². The fourth-order valence-corrected chi connectivity index (χ4v) is 6.04. The predicted octanol–water partition coefficient (Wildman–Crippen LogP) is 13.2. The second-order valence-electron chi connectivity index (χ2n) is 14.2. The molecule has 1 unspecified atom stereocenters. The molecule has 0 heterocycles. The molecule has 0 aromatic heterocycles. The number of unbranched alkanes of at least 4 members (excludes halogenated alkanes) is 17. The van der Waals surface area contributed by atoms with E-state index in [9.17, 15) is 14.4 Å². The number of hydrogen-bond acceptors (Lipinski definition) is 4. The molecule has 0 bridgehead atoms. The minimum atomic E-state index is -1.02. The summed E-state index contributed by atoms with van der Waals surface area (Å²) in [5.41, 5.74) is 0. The molecule has 0 aliphatic heterocycles. The number of carboxylic acids is 1. The van der Waals surface area contributed by atoms with Gasteiger partial charge in [0.15, 0.2) is 0 Å². The van der Waals surface area contributed by atoms with Crippen LogP contribution in [-0.2, 0) is 19.1 Å². The number of ether oxygens (including phenoxy) is 1. The maximum Gasteiger partial charge on any atom is 0.322 e. The van der Waals surface area contributed by atoms with Crippen molar-refractivity contribution < 1.29 is 24.2 Å². The van der Waals surface area contributed by atoms with Crippen LogP contribution in [-0.4, -0.2) is 35.6 Å². The largest absolute Gasteiger partial charge is 0.480 e. The summed E-state index contributed by atoms with van der Waals surface area (Å²) in [6.07, 6.45) is 53.4. The Hall–Kier alpha value is -2.89. The van der Waals surface area contributed by atoms with Crippen LogP contribution < -0.4 is 5.32 Å². The van der Waals surface area contributed by atoms with Crippen molar-refractivity contribution in [3.63, 3.8) is 0 Å². The molecular formula is C46H79NO5. The Balaban J connectivity index is 4.27. The van der Waals surface area contributed by atoms with Gasteiger partial charge in [0.2, 0.25) is 5.91 Å². The second-order valence-corrected chi connectivity index (χ2v) is 14.2. The van der Waals surface area contributed by atoms with Gasteiger partial charge in [-0.15, -0.1) is 0 Å². The van der Waals surface area contributed by atoms with E-state index in [1.54, 1.807) is 0 Å². The van der Waals surface area contributed by atoms with E-state index in [1.165, 1.54) is 51.4 Å². The number of allylic oxidation sites excluding steroid dienone is 10. The lowest BCUT2D eigenvalue weighted by Gasteiger charge is -2.18. The summed E-state index contributed by atoms with van der Waals surface area (Å²) >= 11 is 0. The number of hydrogen-bond donors (Lipinski definition) is 2. The van der Waals surface area contributed by atoms with E-state index in [4.69, 9.17) is 9.84 Å². The number of esters is 1. The van der Waals surface area contributed by atoms with E-state index in [-0.39, 0.29) is 24.5 Å². The summed E-state index contributed by atoms with van der Waals surface area (Å²) in [5.74, 6) is -1.28. The van der Waals surface area contributed by atoms with Crippen LogP contribution in [0.1, 0.15) is 200 Å². The molecule has 2 N–H and O–H groups in total. The van der Waals surface area contributed by atoms with E-state index in [2.05, 4.69) is 79.9 Å². The van der Waals surface area contributed by atoms with E-state index >= 15 is 0 Å². The molecule has 0 spiro atoms. The molecule has 1 amide bonds. The van der Waals surface area contributed by atoms with Gasteiger partial charge in [-0.1, -0.05) is 152 Å². The molecule has 52 heavy (non-hydrogen) atoms. The van der Waals surface area contributed by atoms with Gasteiger partial charge in [0.25, 0.3) is 0 Å². The third-order valence-corrected chi connectivity index (χ3v) is 9.17. The normalized spacial score (nSPS) is 12.7. The highest BCUT2D eigenvalue weighted by molar-refractivity contribution is 5.80. The number of carbonyl (C=O) groups excluding carboxylic acids is 2. The fraction of sp³-hybridized carbons (Fsp3) is 0.717. The minimum Gasteiger partial charge on any atom is -0.480 e. The summed E-state index contributed by atoms with van der Waals surface area (Å²) in [6.45, 7) is 4.10. The number of nitrogens with one attached hydrogen (secondary N) is 1. The van der Waals surface area contributed by atoms with Gasteiger partial charge >= 0.3 is 11.9 Å². The van der Waals surface area contributed by atoms with Crippen molar-refractivity contribution in [2.24, 2.45) is 0 Å². The molecule has 1 atom stereocenters. The van der Waals surface area contributed by atoms with Gasteiger partial charge in [0.05, 0.1) is 0 Å². The van der Waals surface area contributed by atoms with Crippen molar-refractivity contribution in [2.45, 2.75) is 206 Å². The molecule has 0 saturated carbocycles. The van der Waals surface area contributed by atoms with Gasteiger partial charge in [-0.25, -0.2) is 0 Å². The van der Waals surface area contributed by atoms with Gasteiger partial charge in [-0.2, -0.15) is 0 Å². The lowest BCUT2D eigenvalue weighted by Crippen LogP contribution is -2.28. The molecular weight excluding hydrogens is 647 g/mol. The Morgan fingerprint density at radius 2 is 0.962 bits per heavy atom. The van der Waals surface area contributed by atoms with Crippen molar-refractivity contribution in [1.82, 2.24) is 5.32 Å². The number of carbonyl (C=O) groups is 3. The highest BCUT2D eigenvalue weighted by Crippen LogP contribution is 2.18. The Labute approximate surface area is 320 Å². The zero-order chi connectivity index (χ0) is 38.0. The number of aliphatic carboxylic acids is 1. The molecule has 0 aliphatic carbocycles. The van der Waals surface area contributed by atoms with E-state index < -0.39 is 5.97 Å². The SMILES string of the molecule is CC/C=C\C/C=C\C/C=C\C/C=C\CCCCCCC(=O)OC(CCC/C=C\CCCCCCCCCC)CCCCCCCC(=O)NCC(=O)O. The molecule has 0 rings (SSSR count). The first-order valence-electron chi connectivity index (χ1n) is 21.4. The second kappa shape index (κ2) is 40.9. The van der Waals surface area contributed by atoms with Gasteiger partial charge in [-0.3, -0.25) is 14.4 Å². The molecule has 0 fully saturated rings. The zero-order valence-corrected chi connectivity index (χ0v) is 33.6. The fourth-order valence-electron chi connectivity index (χ4n) is 6.04. The Kier molecular flexibility index (Phi) is 38.6. The first kappa shape index (κ1) is 49.1. The van der Waals surface area contributed by atoms with Crippen LogP contribution >= 0.6 is 0 Å². The summed E-state index contributed by atoms with van der Waals surface area (Å²) in [4.78, 5) is 35.0. The lowest BCUT2D eigenvalue weighted by molar-refractivity contribution is -0.150. The van der Waals surface area contributed by atoms with E-state index in [0.717, 1.165) is 122 Å². The van der Waals surface area contributed by atoms with E-state index in [0.29, 0.717) is 12.8 Å². The third kappa shape index (κ3) is 39.9. The van der Waals surface area contributed by atoms with Gasteiger partial charge in [-0.05, 0) is 96.3 Å². The maximum atomic E-state index is 12.7. The van der Waals surface area contributed by atoms with Gasteiger partial charge in [0.1, 0.15) is 12.6 Å². The molecule has 6 nitrogen and oxygen atoms in total. The Morgan fingerprint density at radius 3 is 1.54 bits per heavy atom. The monoisotopic (exact) mass is 726 g/mol. The molecule has 298 valence electrons. The van der Waals surface area contributed by atoms with Crippen LogP contribution in [0.3, 0.4) is 0 Å². The first-order chi connectivity index (χ1) is 25.5. The average molecular weight is 726 g/mol. The summed E-state index contributed by atoms with van der Waals surface area (Å²) in [7, 11) is 0. The van der Waals surface area contributed by atoms with Crippen LogP contribution in [0, 0.1) is 0 Å². The van der Waals surface area contributed by atoms with Crippen molar-refractivity contribution in [2.75, 3.05) is 6.54 Å². The highest BCUT2D eigenvalue weighted by atomic mass is 16.5. The van der Waals surface area contributed by atoms with Crippen LogP contribution in [0.25, 0.3) is 0 Å². The Bertz CT molecular complexity index is 979. The standard InChI is InChI=1S/C46H79NO5/c1-3-5-7-9-11-13-15-17-18-19-20-22-24-26-28-33-37-41-46(51)52-43(39-35-31-29-32-36-40-44(48)47-42-45(49)50)38-34-30-27-25-23-21-16-14-12-10-8-6-4-2/h5,7,11,13,17-18,20,22,25,27,43H,3-4,6,8-10,12,14-16,19,21,23-24,26,28-42H2,1-2H3,(H,47,48)(H,49,50)/b7-5-,13-11-,18-17-,22-20-,27-25-. The van der Waals surface area contributed by atoms with Crippen molar-refractivity contribution in [1.29, 1.82) is 0 Å². The van der Waals surface area contributed by atoms with Crippen molar-refractivity contribution >= 4 is 17.8 Å². The lowest BCUT2D eigenvalue weighted by atomic mass is 10.0. The smallest absolute Gasteiger partial charge is 0.322 e. The molecule has 0 aliphatic rings. The summed E-state index contributed by atoms with van der Waals surface area (Å²) < 4.78 is 6.00. The number of rotatable bonds is 38. The molecule has 0 radical (unpaired) electrons. The van der Waals surface area contributed by atoms with Crippen LogP contribution in [0.15, 0.2) is 60.8 Å². The first-order valence-corrected chi connectivity index (χ1v) is 21.4. The average Bonchev–Trinajstić information content (AvgIpc) is 3.13. The van der Waals surface area contributed by atoms with Crippen LogP contribution in [0.4, 0.5) is 0 Å². The topological polar surface area (TPSA) is 92.7 Å². The molecule has 6 heteroatoms. The van der Waals surface area contributed by atoms with Crippen molar-refractivity contribution in [3.05, 3.63) is 60.8 Å². The predicted molar refractivity (Wildman–Crippen MR) is 221 cm³/mol. The molecule has 0 aromatic carbocycles. The van der Waals surface area contributed by atoms with Gasteiger partial charge in [0, 0.05) is 12.8 Å². The van der Waals surface area contributed by atoms with Crippen LogP contribution in [0.5, 0.6) is 0 Å². The zero-order valence-electron chi connectivity index (χ0n) is 33.6. The maximum absolute atomic E-state index is 12.7. The molecule has 0 aromatic rings. The molecule has 0 saturated heterocycles. The number of amides is 1. The summed E-state index contributed by atoms with van der Waals surface area (Å²) in [6, 6.07) is 0. The Morgan fingerprint density at radius 1 is 0.519 bits per heavy atom. The van der Waals surface area contributed by atoms with E-state index in [1.807, 2.05) is 0 Å². The van der Waals surface area contributed by atoms with Crippen molar-refractivity contribution in [3.8, 4) is 0 Å². The highest BCUT2D eigenvalue weighted by Gasteiger charge is 2.14. The van der Waals surface area contributed by atoms with Gasteiger partial charge < -0.3 is 15.2 Å². The minimum absolute atomic E-state index is 0.0198. The summed E-state index contributed by atoms with van der Waals surface area (Å²) in [5, 5.41) is 11.1.